The highest BCUT2D eigenvalue weighted by molar-refractivity contribution is 9.12. The first-order valence-electron chi connectivity index (χ1n) is 8.47. The Balaban J connectivity index is 1.63. The van der Waals surface area contributed by atoms with Gasteiger partial charge in [0, 0.05) is 42.9 Å². The molecule has 3 heterocycles. The van der Waals surface area contributed by atoms with Crippen LogP contribution in [0, 0.1) is 11.3 Å². The molecule has 134 valence electrons. The van der Waals surface area contributed by atoms with Gasteiger partial charge in [0.25, 0.3) is 0 Å². The molecule has 3 rings (SSSR count). The van der Waals surface area contributed by atoms with Gasteiger partial charge in [-0.2, -0.15) is 5.26 Å². The molecule has 1 saturated heterocycles. The molecule has 0 radical (unpaired) electrons. The van der Waals surface area contributed by atoms with E-state index in [4.69, 9.17) is 0 Å². The van der Waals surface area contributed by atoms with Gasteiger partial charge in [0.2, 0.25) is 11.9 Å². The highest BCUT2D eigenvalue weighted by Crippen LogP contribution is 2.26. The van der Waals surface area contributed by atoms with Crippen LogP contribution in [0.5, 0.6) is 0 Å². The summed E-state index contributed by atoms with van der Waals surface area (Å²) < 4.78 is 0.792. The first-order chi connectivity index (χ1) is 12.7. The maximum Gasteiger partial charge on any atom is 0.223 e. The molecule has 26 heavy (non-hydrogen) atoms. The van der Waals surface area contributed by atoms with E-state index < -0.39 is 0 Å². The normalized spacial score (nSPS) is 18.2. The molecule has 0 aliphatic carbocycles. The highest BCUT2D eigenvalue weighted by Gasteiger charge is 2.19. The number of amides is 1. The number of nitrogens with zero attached hydrogens (tertiary/aromatic N) is 4. The molecule has 2 N–H and O–H groups in total. The number of hydrogen-bond acceptors (Lipinski definition) is 6. The van der Waals surface area contributed by atoms with Crippen LogP contribution < -0.4 is 10.6 Å². The Morgan fingerprint density at radius 3 is 3.12 bits per heavy atom. The van der Waals surface area contributed by atoms with Crippen molar-refractivity contribution in [1.29, 1.82) is 5.26 Å². The van der Waals surface area contributed by atoms with Crippen molar-refractivity contribution in [3.8, 4) is 6.07 Å². The second-order valence-electron chi connectivity index (χ2n) is 5.91. The fourth-order valence-corrected chi connectivity index (χ4v) is 3.31. The number of rotatable bonds is 6. The topological polar surface area (TPSA) is 93.9 Å². The third kappa shape index (κ3) is 4.29. The van der Waals surface area contributed by atoms with Gasteiger partial charge in [-0.1, -0.05) is 0 Å². The Hall–Kier alpha value is -2.66. The van der Waals surface area contributed by atoms with E-state index in [1.165, 1.54) is 0 Å². The molecule has 7 nitrogen and oxygen atoms in total. The second-order valence-corrected chi connectivity index (χ2v) is 6.76. The number of nitriles is 1. The molecule has 2 aliphatic heterocycles. The van der Waals surface area contributed by atoms with Crippen molar-refractivity contribution in [2.45, 2.75) is 19.3 Å². The number of aromatic nitrogens is 2. The number of hydrogen-bond donors (Lipinski definition) is 2. The average molecular weight is 415 g/mol. The fourth-order valence-electron chi connectivity index (χ4n) is 2.84. The van der Waals surface area contributed by atoms with Crippen LogP contribution in [0.1, 0.15) is 25.0 Å². The maximum atomic E-state index is 11.6. The molecule has 1 aromatic rings. The van der Waals surface area contributed by atoms with Crippen molar-refractivity contribution in [3.05, 3.63) is 46.5 Å². The van der Waals surface area contributed by atoms with Gasteiger partial charge in [-0.15, -0.1) is 0 Å². The molecular formula is C18H19BrN6O. The summed E-state index contributed by atoms with van der Waals surface area (Å²) in [6, 6.07) is 3.91. The van der Waals surface area contributed by atoms with E-state index in [1.54, 1.807) is 18.5 Å². The Bertz CT molecular complexity index is 823. The van der Waals surface area contributed by atoms with Crippen LogP contribution in [0.4, 0.5) is 5.95 Å². The minimum absolute atomic E-state index is 0.237. The molecule has 0 bridgehead atoms. The van der Waals surface area contributed by atoms with Crippen LogP contribution in [0.25, 0.3) is 5.57 Å². The van der Waals surface area contributed by atoms with Gasteiger partial charge in [-0.05, 0) is 47.0 Å². The third-order valence-electron chi connectivity index (χ3n) is 4.14. The van der Waals surface area contributed by atoms with Gasteiger partial charge in [0.1, 0.15) is 11.6 Å². The van der Waals surface area contributed by atoms with Crippen LogP contribution in [0.15, 0.2) is 40.8 Å². The van der Waals surface area contributed by atoms with Gasteiger partial charge >= 0.3 is 0 Å². The summed E-state index contributed by atoms with van der Waals surface area (Å²) in [6.07, 6.45) is 9.55. The quantitative estimate of drug-likeness (QED) is 0.548. The Morgan fingerprint density at radius 2 is 2.38 bits per heavy atom. The van der Waals surface area contributed by atoms with Crippen LogP contribution >= 0.6 is 15.9 Å². The largest absolute Gasteiger partial charge is 0.360 e. The average Bonchev–Trinajstić information content (AvgIpc) is 3.06. The highest BCUT2D eigenvalue weighted by atomic mass is 79.9. The van der Waals surface area contributed by atoms with Gasteiger partial charge in [-0.25, -0.2) is 9.97 Å². The summed E-state index contributed by atoms with van der Waals surface area (Å²) in [6.45, 7) is 2.26. The lowest BCUT2D eigenvalue weighted by molar-refractivity contribution is -0.127. The second kappa shape index (κ2) is 8.63. The summed E-state index contributed by atoms with van der Waals surface area (Å²) in [5.41, 5.74) is 1.65. The zero-order chi connectivity index (χ0) is 18.4. The van der Waals surface area contributed by atoms with Crippen molar-refractivity contribution in [2.24, 2.45) is 0 Å². The number of dihydropyridines is 1. The van der Waals surface area contributed by atoms with Gasteiger partial charge < -0.3 is 15.5 Å². The van der Waals surface area contributed by atoms with E-state index in [1.807, 2.05) is 17.1 Å². The molecule has 1 aromatic heterocycles. The van der Waals surface area contributed by atoms with E-state index in [0.717, 1.165) is 30.4 Å². The molecule has 0 spiro atoms. The van der Waals surface area contributed by atoms with Crippen molar-refractivity contribution >= 4 is 33.4 Å². The minimum atomic E-state index is 0.237. The molecule has 8 heteroatoms. The molecule has 0 saturated carbocycles. The third-order valence-corrected chi connectivity index (χ3v) is 4.80. The summed E-state index contributed by atoms with van der Waals surface area (Å²) in [7, 11) is 0. The number of anilines is 1. The van der Waals surface area contributed by atoms with Crippen molar-refractivity contribution in [2.75, 3.05) is 25.0 Å². The van der Waals surface area contributed by atoms with Crippen LogP contribution in [-0.2, 0) is 4.79 Å². The first-order valence-corrected chi connectivity index (χ1v) is 9.27. The number of halogens is 1. The van der Waals surface area contributed by atoms with Gasteiger partial charge in [0.05, 0.1) is 11.4 Å². The zero-order valence-corrected chi connectivity index (χ0v) is 15.8. The predicted molar refractivity (Wildman–Crippen MR) is 103 cm³/mol. The van der Waals surface area contributed by atoms with Crippen molar-refractivity contribution < 1.29 is 4.79 Å². The van der Waals surface area contributed by atoms with Crippen molar-refractivity contribution in [1.82, 2.24) is 20.2 Å². The lowest BCUT2D eigenvalue weighted by Crippen LogP contribution is -2.27. The molecule has 0 unspecified atom stereocenters. The summed E-state index contributed by atoms with van der Waals surface area (Å²) in [5.74, 6) is 0.705. The Kier molecular flexibility index (Phi) is 6.02. The number of nitrogens with one attached hydrogen (secondary N) is 2. The van der Waals surface area contributed by atoms with E-state index in [9.17, 15) is 10.1 Å². The molecule has 1 fully saturated rings. The minimum Gasteiger partial charge on any atom is -0.360 e. The number of likely N-dealkylation sites (tertiary alicyclic amines) is 1. The molecule has 1 amide bonds. The summed E-state index contributed by atoms with van der Waals surface area (Å²) >= 11 is 3.45. The smallest absolute Gasteiger partial charge is 0.223 e. The van der Waals surface area contributed by atoms with Crippen LogP contribution in [-0.4, -0.2) is 40.4 Å². The lowest BCUT2D eigenvalue weighted by atomic mass is 10.1. The lowest BCUT2D eigenvalue weighted by Gasteiger charge is -2.15. The molecule has 2 aliphatic rings. The van der Waals surface area contributed by atoms with E-state index in [-0.39, 0.29) is 5.91 Å². The fraction of sp³-hybridized carbons (Fsp3) is 0.333. The number of carbonyl (C=O) groups is 1. The SMILES string of the molecule is N#CC(=C1NC=CC=C1Br)c1ccnc(NCCCN2CCCC2=O)n1. The molecular weight excluding hydrogens is 396 g/mol. The van der Waals surface area contributed by atoms with E-state index in [2.05, 4.69) is 42.6 Å². The summed E-state index contributed by atoms with van der Waals surface area (Å²) in [5, 5.41) is 15.8. The number of allylic oxidation sites excluding steroid dienone is 4. The predicted octanol–water partition coefficient (Wildman–Crippen LogP) is 2.53. The van der Waals surface area contributed by atoms with Crippen molar-refractivity contribution in [3.63, 3.8) is 0 Å². The van der Waals surface area contributed by atoms with E-state index in [0.29, 0.717) is 35.9 Å². The maximum absolute atomic E-state index is 11.6. The Labute approximate surface area is 160 Å². The molecule has 0 atom stereocenters. The Morgan fingerprint density at radius 1 is 1.50 bits per heavy atom. The number of carbonyl (C=O) groups excluding carboxylic acids is 1. The van der Waals surface area contributed by atoms with Crippen LogP contribution in [0.2, 0.25) is 0 Å². The van der Waals surface area contributed by atoms with E-state index >= 15 is 0 Å². The standard InChI is InChI=1S/C18H19BrN6O/c19-14-4-1-7-21-17(14)13(12-20)15-6-9-23-18(24-15)22-8-3-11-25-10-2-5-16(25)26/h1,4,6-7,9,21H,2-3,5,8,10-11H2,(H,22,23,24). The van der Waals surface area contributed by atoms with Crippen LogP contribution in [0.3, 0.4) is 0 Å². The first kappa shape index (κ1) is 18.1. The van der Waals surface area contributed by atoms with Gasteiger partial charge in [0.15, 0.2) is 0 Å². The summed E-state index contributed by atoms with van der Waals surface area (Å²) in [4.78, 5) is 22.1. The molecule has 0 aromatic carbocycles. The zero-order valence-electron chi connectivity index (χ0n) is 14.2. The monoisotopic (exact) mass is 414 g/mol. The van der Waals surface area contributed by atoms with Gasteiger partial charge in [-0.3, -0.25) is 4.79 Å².